The quantitative estimate of drug-likeness (QED) is 0.715. The molecule has 26 heavy (non-hydrogen) atoms. The fraction of sp³-hybridized carbons (Fsp3) is 0.235. The Morgan fingerprint density at radius 3 is 2.81 bits per heavy atom. The molecule has 1 aliphatic rings. The van der Waals surface area contributed by atoms with Gasteiger partial charge >= 0.3 is 0 Å². The van der Waals surface area contributed by atoms with E-state index in [0.717, 1.165) is 9.88 Å². The molecule has 1 aromatic carbocycles. The van der Waals surface area contributed by atoms with Crippen molar-refractivity contribution in [2.75, 3.05) is 31.2 Å². The number of nitrogens with zero attached hydrogens (tertiary/aromatic N) is 4. The number of phenolic OH excluding ortho intramolecular Hbond substituents is 1. The Morgan fingerprint density at radius 1 is 1.35 bits per heavy atom. The van der Waals surface area contributed by atoms with Crippen LogP contribution in [0.2, 0.25) is 5.02 Å². The van der Waals surface area contributed by atoms with Crippen molar-refractivity contribution in [1.82, 2.24) is 15.2 Å². The average Bonchev–Trinajstić information content (AvgIpc) is 3.30. The van der Waals surface area contributed by atoms with Gasteiger partial charge in [0.05, 0.1) is 28.7 Å². The lowest BCUT2D eigenvalue weighted by Gasteiger charge is -2.27. The summed E-state index contributed by atoms with van der Waals surface area (Å²) in [5, 5.41) is 28.8. The maximum Gasteiger partial charge on any atom is 0.171 e. The molecule has 3 heterocycles. The first-order valence-corrected chi connectivity index (χ1v) is 9.13. The normalized spacial score (nSPS) is 14.4. The highest BCUT2D eigenvalue weighted by Crippen LogP contribution is 2.48. The maximum atomic E-state index is 9.91. The largest absolute Gasteiger partial charge is 0.508 e. The minimum atomic E-state index is 0.0714. The molecule has 7 nitrogen and oxygen atoms in total. The molecule has 0 unspecified atom stereocenters. The van der Waals surface area contributed by atoms with Gasteiger partial charge in [0.25, 0.3) is 0 Å². The standard InChI is InChI=1S/C17H14ClN5O2S/c18-13-7-10(24)1-2-11(13)14-12(8-19)17(23-3-5-25-6-4-23)26-15(14)16-20-9-21-22-16/h1-2,7,9,24H,3-6H2,(H,20,21,22). The number of hydrogen-bond acceptors (Lipinski definition) is 7. The van der Waals surface area contributed by atoms with Crippen LogP contribution in [0.5, 0.6) is 5.75 Å². The summed E-state index contributed by atoms with van der Waals surface area (Å²) >= 11 is 7.85. The van der Waals surface area contributed by atoms with Gasteiger partial charge in [0.15, 0.2) is 5.82 Å². The van der Waals surface area contributed by atoms with E-state index in [1.807, 2.05) is 0 Å². The number of ether oxygens (including phenoxy) is 1. The summed E-state index contributed by atoms with van der Waals surface area (Å²) in [4.78, 5) is 5.93. The minimum Gasteiger partial charge on any atom is -0.508 e. The smallest absolute Gasteiger partial charge is 0.171 e. The summed E-state index contributed by atoms with van der Waals surface area (Å²) in [5.74, 6) is 0.646. The molecule has 4 rings (SSSR count). The number of halogens is 1. The number of H-pyrrole nitrogens is 1. The Hall–Kier alpha value is -2.60. The molecule has 0 aliphatic carbocycles. The van der Waals surface area contributed by atoms with Crippen molar-refractivity contribution in [1.29, 1.82) is 5.26 Å². The summed E-state index contributed by atoms with van der Waals surface area (Å²) in [6.07, 6.45) is 1.50. The van der Waals surface area contributed by atoms with E-state index in [1.54, 1.807) is 12.1 Å². The Labute approximate surface area is 158 Å². The predicted molar refractivity (Wildman–Crippen MR) is 99.6 cm³/mol. The zero-order chi connectivity index (χ0) is 18.1. The van der Waals surface area contributed by atoms with Gasteiger partial charge in [-0.3, -0.25) is 0 Å². The van der Waals surface area contributed by atoms with E-state index < -0.39 is 0 Å². The zero-order valence-corrected chi connectivity index (χ0v) is 15.1. The first kappa shape index (κ1) is 16.8. The molecule has 1 saturated heterocycles. The van der Waals surface area contributed by atoms with Crippen molar-refractivity contribution in [2.45, 2.75) is 0 Å². The molecule has 1 aliphatic heterocycles. The number of hydrogen-bond donors (Lipinski definition) is 2. The molecule has 0 bridgehead atoms. The number of aromatic nitrogens is 3. The van der Waals surface area contributed by atoms with Crippen LogP contribution in [0.25, 0.3) is 21.8 Å². The number of thiophene rings is 1. The summed E-state index contributed by atoms with van der Waals surface area (Å²) in [5.41, 5.74) is 1.90. The van der Waals surface area contributed by atoms with Gasteiger partial charge in [0.2, 0.25) is 0 Å². The monoisotopic (exact) mass is 387 g/mol. The summed E-state index contributed by atoms with van der Waals surface area (Å²) in [6, 6.07) is 7.06. The number of nitrogens with one attached hydrogen (secondary N) is 1. The number of morpholine rings is 1. The van der Waals surface area contributed by atoms with Crippen LogP contribution < -0.4 is 4.90 Å². The maximum absolute atomic E-state index is 9.91. The third-order valence-corrected chi connectivity index (χ3v) is 5.72. The van der Waals surface area contributed by atoms with E-state index in [9.17, 15) is 10.4 Å². The zero-order valence-electron chi connectivity index (χ0n) is 13.6. The van der Waals surface area contributed by atoms with Crippen LogP contribution >= 0.6 is 22.9 Å². The number of rotatable bonds is 3. The first-order valence-electron chi connectivity index (χ1n) is 7.94. The lowest BCUT2D eigenvalue weighted by Crippen LogP contribution is -2.36. The topological polar surface area (TPSA) is 98.1 Å². The van der Waals surface area contributed by atoms with Gasteiger partial charge in [-0.15, -0.1) is 21.5 Å². The average molecular weight is 388 g/mol. The summed E-state index contributed by atoms with van der Waals surface area (Å²) in [6.45, 7) is 2.67. The molecule has 2 N–H and O–H groups in total. The van der Waals surface area contributed by atoms with Crippen LogP contribution in [-0.4, -0.2) is 46.6 Å². The van der Waals surface area contributed by atoms with E-state index in [-0.39, 0.29) is 5.75 Å². The van der Waals surface area contributed by atoms with Crippen LogP contribution in [0.4, 0.5) is 5.00 Å². The molecule has 0 atom stereocenters. The van der Waals surface area contributed by atoms with Gasteiger partial charge in [0, 0.05) is 24.2 Å². The highest BCUT2D eigenvalue weighted by molar-refractivity contribution is 7.20. The van der Waals surface area contributed by atoms with Crippen molar-refractivity contribution >= 4 is 27.9 Å². The molecular formula is C17H14ClN5O2S. The molecule has 0 amide bonds. The number of benzene rings is 1. The van der Waals surface area contributed by atoms with Crippen LogP contribution in [0, 0.1) is 11.3 Å². The lowest BCUT2D eigenvalue weighted by atomic mass is 10.0. The van der Waals surface area contributed by atoms with E-state index in [4.69, 9.17) is 16.3 Å². The second kappa shape index (κ2) is 6.96. The van der Waals surface area contributed by atoms with Crippen molar-refractivity contribution in [2.24, 2.45) is 0 Å². The van der Waals surface area contributed by atoms with Gasteiger partial charge in [-0.2, -0.15) is 5.26 Å². The van der Waals surface area contributed by atoms with Gasteiger partial charge in [0.1, 0.15) is 23.1 Å². The fourth-order valence-electron chi connectivity index (χ4n) is 2.96. The SMILES string of the molecule is N#Cc1c(N2CCOCC2)sc(-c2nnc[nH]2)c1-c1ccc(O)cc1Cl. The van der Waals surface area contributed by atoms with E-state index in [1.165, 1.54) is 23.7 Å². The Balaban J connectivity index is 1.95. The molecule has 2 aromatic heterocycles. The number of aromatic amines is 1. The predicted octanol–water partition coefficient (Wildman–Crippen LogP) is 3.27. The van der Waals surface area contributed by atoms with Crippen LogP contribution in [-0.2, 0) is 4.74 Å². The second-order valence-electron chi connectivity index (χ2n) is 5.70. The summed E-state index contributed by atoms with van der Waals surface area (Å²) < 4.78 is 5.42. The van der Waals surface area contributed by atoms with Crippen molar-refractivity contribution < 1.29 is 9.84 Å². The number of anilines is 1. The van der Waals surface area contributed by atoms with Crippen molar-refractivity contribution in [3.63, 3.8) is 0 Å². The van der Waals surface area contributed by atoms with E-state index in [2.05, 4.69) is 26.2 Å². The Kier molecular flexibility index (Phi) is 4.51. The number of aromatic hydroxyl groups is 1. The Bertz CT molecular complexity index is 974. The van der Waals surface area contributed by atoms with Crippen LogP contribution in [0.3, 0.4) is 0 Å². The first-order chi connectivity index (χ1) is 12.7. The molecule has 9 heteroatoms. The molecule has 132 valence electrons. The minimum absolute atomic E-state index is 0.0714. The van der Waals surface area contributed by atoms with E-state index in [0.29, 0.717) is 53.8 Å². The molecule has 0 radical (unpaired) electrons. The van der Waals surface area contributed by atoms with Crippen molar-refractivity contribution in [3.8, 4) is 33.6 Å². The molecule has 0 saturated carbocycles. The van der Waals surface area contributed by atoms with Gasteiger partial charge in [-0.05, 0) is 18.2 Å². The molecule has 0 spiro atoms. The summed E-state index contributed by atoms with van der Waals surface area (Å²) in [7, 11) is 0. The van der Waals surface area contributed by atoms with Crippen molar-refractivity contribution in [3.05, 3.63) is 35.1 Å². The van der Waals surface area contributed by atoms with Crippen LogP contribution in [0.15, 0.2) is 24.5 Å². The highest BCUT2D eigenvalue weighted by Gasteiger charge is 2.27. The number of phenols is 1. The lowest BCUT2D eigenvalue weighted by molar-refractivity contribution is 0.123. The van der Waals surface area contributed by atoms with Gasteiger partial charge in [-0.1, -0.05) is 11.6 Å². The third-order valence-electron chi connectivity index (χ3n) is 4.15. The molecule has 3 aromatic rings. The molecule has 1 fully saturated rings. The third kappa shape index (κ3) is 2.90. The fourth-order valence-corrected chi connectivity index (χ4v) is 4.49. The van der Waals surface area contributed by atoms with Crippen LogP contribution in [0.1, 0.15) is 5.56 Å². The molecular weight excluding hydrogens is 374 g/mol. The van der Waals surface area contributed by atoms with E-state index >= 15 is 0 Å². The highest BCUT2D eigenvalue weighted by atomic mass is 35.5. The Morgan fingerprint density at radius 2 is 2.15 bits per heavy atom. The number of nitriles is 1. The second-order valence-corrected chi connectivity index (χ2v) is 7.11. The van der Waals surface area contributed by atoms with Gasteiger partial charge in [-0.25, -0.2) is 0 Å². The van der Waals surface area contributed by atoms with Gasteiger partial charge < -0.3 is 19.7 Å².